The van der Waals surface area contributed by atoms with E-state index in [9.17, 15) is 8.78 Å². The molecule has 6 nitrogen and oxygen atoms in total. The Balaban J connectivity index is 1.28. The van der Waals surface area contributed by atoms with Crippen molar-refractivity contribution >= 4 is 33.4 Å². The predicted molar refractivity (Wildman–Crippen MR) is 112 cm³/mol. The minimum Gasteiger partial charge on any atom is -0.367 e. The molecule has 1 saturated carbocycles. The number of halogens is 2. The molecule has 0 saturated heterocycles. The van der Waals surface area contributed by atoms with Gasteiger partial charge in [-0.1, -0.05) is 12.1 Å². The van der Waals surface area contributed by atoms with Gasteiger partial charge in [-0.05, 0) is 49.9 Å². The molecule has 4 aromatic rings. The van der Waals surface area contributed by atoms with Crippen LogP contribution in [0, 0.1) is 11.6 Å². The first-order chi connectivity index (χ1) is 14.7. The summed E-state index contributed by atoms with van der Waals surface area (Å²) in [5, 5.41) is 7.61. The van der Waals surface area contributed by atoms with Crippen molar-refractivity contribution in [3.05, 3.63) is 60.7 Å². The fourth-order valence-corrected chi connectivity index (χ4v) is 4.12. The highest BCUT2D eigenvalue weighted by molar-refractivity contribution is 5.90. The molecular weight excluding hydrogens is 386 g/mol. The van der Waals surface area contributed by atoms with Gasteiger partial charge < -0.3 is 10.6 Å². The van der Waals surface area contributed by atoms with Crippen molar-refractivity contribution < 1.29 is 8.78 Å². The number of nitrogens with one attached hydrogen (secondary N) is 2. The maximum atomic E-state index is 14.3. The Morgan fingerprint density at radius 1 is 0.633 bits per heavy atom. The molecule has 1 aliphatic carbocycles. The van der Waals surface area contributed by atoms with Crippen LogP contribution in [0.15, 0.2) is 49.1 Å². The Morgan fingerprint density at radius 3 is 1.50 bits per heavy atom. The Labute approximate surface area is 171 Å². The monoisotopic (exact) mass is 406 g/mol. The predicted octanol–water partition coefficient (Wildman–Crippen LogP) is 4.69. The zero-order valence-corrected chi connectivity index (χ0v) is 16.1. The molecule has 0 unspecified atom stereocenters. The van der Waals surface area contributed by atoms with Crippen LogP contribution in [0.25, 0.3) is 21.8 Å². The van der Waals surface area contributed by atoms with E-state index < -0.39 is 0 Å². The van der Waals surface area contributed by atoms with E-state index >= 15 is 0 Å². The normalized spacial score (nSPS) is 19.1. The van der Waals surface area contributed by atoms with Crippen LogP contribution in [-0.2, 0) is 0 Å². The lowest BCUT2D eigenvalue weighted by Crippen LogP contribution is -2.33. The third kappa shape index (κ3) is 3.49. The van der Waals surface area contributed by atoms with Crippen LogP contribution in [-0.4, -0.2) is 32.0 Å². The molecule has 0 bridgehead atoms. The summed E-state index contributed by atoms with van der Waals surface area (Å²) in [4.78, 5) is 16.8. The number of aromatic nitrogens is 4. The average Bonchev–Trinajstić information content (AvgIpc) is 2.76. The van der Waals surface area contributed by atoms with Gasteiger partial charge in [0.1, 0.15) is 35.9 Å². The summed E-state index contributed by atoms with van der Waals surface area (Å²) >= 11 is 0. The van der Waals surface area contributed by atoms with Gasteiger partial charge in [-0.25, -0.2) is 28.7 Å². The lowest BCUT2D eigenvalue weighted by Gasteiger charge is -2.30. The maximum Gasteiger partial charge on any atom is 0.140 e. The number of nitrogens with zero attached hydrogens (tertiary/aromatic N) is 4. The van der Waals surface area contributed by atoms with Crippen molar-refractivity contribution in [2.45, 2.75) is 37.8 Å². The van der Waals surface area contributed by atoms with E-state index in [1.54, 1.807) is 24.3 Å². The minimum atomic E-state index is -0.330. The molecule has 2 aromatic carbocycles. The van der Waals surface area contributed by atoms with E-state index in [2.05, 4.69) is 30.6 Å². The van der Waals surface area contributed by atoms with Gasteiger partial charge in [0.25, 0.3) is 0 Å². The summed E-state index contributed by atoms with van der Waals surface area (Å²) in [6.45, 7) is 0. The molecule has 0 radical (unpaired) electrons. The van der Waals surface area contributed by atoms with E-state index in [1.165, 1.54) is 24.8 Å². The SMILES string of the molecule is Fc1cccc2ncnc(NC3CCC(Nc4ncnc5cccc(F)c45)CC3)c12. The zero-order valence-electron chi connectivity index (χ0n) is 16.1. The average molecular weight is 406 g/mol. The lowest BCUT2D eigenvalue weighted by molar-refractivity contribution is 0.428. The van der Waals surface area contributed by atoms with E-state index in [1.807, 2.05) is 0 Å². The molecule has 2 N–H and O–H groups in total. The van der Waals surface area contributed by atoms with Crippen LogP contribution < -0.4 is 10.6 Å². The van der Waals surface area contributed by atoms with Crippen LogP contribution in [0.4, 0.5) is 20.4 Å². The third-order valence-corrected chi connectivity index (χ3v) is 5.63. The Hall–Kier alpha value is -3.42. The second-order valence-corrected chi connectivity index (χ2v) is 7.55. The minimum absolute atomic E-state index is 0.180. The molecule has 8 heteroatoms. The molecule has 152 valence electrons. The summed E-state index contributed by atoms with van der Waals surface area (Å²) in [6, 6.07) is 10.0. The quantitative estimate of drug-likeness (QED) is 0.512. The number of benzene rings is 2. The maximum absolute atomic E-state index is 14.3. The van der Waals surface area contributed by atoms with Gasteiger partial charge in [-0.15, -0.1) is 0 Å². The van der Waals surface area contributed by atoms with Crippen LogP contribution in [0.5, 0.6) is 0 Å². The van der Waals surface area contributed by atoms with Crippen LogP contribution in [0.1, 0.15) is 25.7 Å². The largest absolute Gasteiger partial charge is 0.367 e. The summed E-state index contributed by atoms with van der Waals surface area (Å²) < 4.78 is 28.6. The second-order valence-electron chi connectivity index (χ2n) is 7.55. The highest BCUT2D eigenvalue weighted by Gasteiger charge is 2.23. The molecule has 0 spiro atoms. The molecule has 0 atom stereocenters. The molecule has 2 aromatic heterocycles. The summed E-state index contributed by atoms with van der Waals surface area (Å²) in [5.41, 5.74) is 1.17. The standard InChI is InChI=1S/C22H20F2N6/c23-15-3-1-5-17-19(15)21(27-11-25-17)29-13-7-9-14(10-8-13)30-22-20-16(24)4-2-6-18(20)26-12-28-22/h1-6,11-14H,7-10H2,(H,25,27,29)(H,26,28,30). The van der Waals surface area contributed by atoms with E-state index in [4.69, 9.17) is 0 Å². The Bertz CT molecular complexity index is 1100. The smallest absolute Gasteiger partial charge is 0.140 e. The van der Waals surface area contributed by atoms with E-state index in [0.717, 1.165) is 25.7 Å². The number of hydrogen-bond donors (Lipinski definition) is 2. The lowest BCUT2D eigenvalue weighted by atomic mass is 9.91. The van der Waals surface area contributed by atoms with Crippen molar-refractivity contribution in [3.63, 3.8) is 0 Å². The van der Waals surface area contributed by atoms with Gasteiger partial charge in [-0.2, -0.15) is 0 Å². The molecule has 0 amide bonds. The molecule has 5 rings (SSSR count). The van der Waals surface area contributed by atoms with Crippen molar-refractivity contribution in [3.8, 4) is 0 Å². The molecule has 30 heavy (non-hydrogen) atoms. The highest BCUT2D eigenvalue weighted by atomic mass is 19.1. The topological polar surface area (TPSA) is 75.6 Å². The summed E-state index contributed by atoms with van der Waals surface area (Å²) in [7, 11) is 0. The highest BCUT2D eigenvalue weighted by Crippen LogP contribution is 2.29. The van der Waals surface area contributed by atoms with Crippen LogP contribution >= 0.6 is 0 Å². The zero-order chi connectivity index (χ0) is 20.5. The van der Waals surface area contributed by atoms with Crippen LogP contribution in [0.2, 0.25) is 0 Å². The molecular formula is C22H20F2N6. The van der Waals surface area contributed by atoms with Gasteiger partial charge in [-0.3, -0.25) is 0 Å². The van der Waals surface area contributed by atoms with Crippen molar-refractivity contribution in [1.82, 2.24) is 19.9 Å². The third-order valence-electron chi connectivity index (χ3n) is 5.63. The Morgan fingerprint density at radius 2 is 1.07 bits per heavy atom. The van der Waals surface area contributed by atoms with Gasteiger partial charge in [0.05, 0.1) is 21.8 Å². The first-order valence-corrected chi connectivity index (χ1v) is 10.0. The first kappa shape index (κ1) is 18.6. The molecule has 1 aliphatic rings. The fourth-order valence-electron chi connectivity index (χ4n) is 4.12. The number of fused-ring (bicyclic) bond motifs is 2. The first-order valence-electron chi connectivity index (χ1n) is 10.0. The second kappa shape index (κ2) is 7.78. The summed E-state index contributed by atoms with van der Waals surface area (Å²) in [6.07, 6.45) is 6.41. The van der Waals surface area contributed by atoms with Gasteiger partial charge in [0.2, 0.25) is 0 Å². The van der Waals surface area contributed by atoms with Crippen molar-refractivity contribution in [1.29, 1.82) is 0 Å². The number of hydrogen-bond acceptors (Lipinski definition) is 6. The van der Waals surface area contributed by atoms with Crippen molar-refractivity contribution in [2.24, 2.45) is 0 Å². The molecule has 2 heterocycles. The molecule has 0 aliphatic heterocycles. The molecule has 1 fully saturated rings. The van der Waals surface area contributed by atoms with E-state index in [0.29, 0.717) is 33.4 Å². The van der Waals surface area contributed by atoms with Gasteiger partial charge in [0.15, 0.2) is 0 Å². The van der Waals surface area contributed by atoms with Crippen molar-refractivity contribution in [2.75, 3.05) is 10.6 Å². The van der Waals surface area contributed by atoms with Gasteiger partial charge in [0, 0.05) is 12.1 Å². The number of anilines is 2. The summed E-state index contributed by atoms with van der Waals surface area (Å²) in [5.74, 6) is 0.393. The van der Waals surface area contributed by atoms with Gasteiger partial charge >= 0.3 is 0 Å². The van der Waals surface area contributed by atoms with E-state index in [-0.39, 0.29) is 23.7 Å². The Kier molecular flexibility index (Phi) is 4.82. The fraction of sp³-hybridized carbons (Fsp3) is 0.273. The van der Waals surface area contributed by atoms with Crippen LogP contribution in [0.3, 0.4) is 0 Å². The number of rotatable bonds is 4.